The van der Waals surface area contributed by atoms with Crippen LogP contribution in [-0.2, 0) is 0 Å². The molecule has 0 radical (unpaired) electrons. The fraction of sp³-hybridized carbons (Fsp3) is 0.917. The number of hydrogen-bond acceptors (Lipinski definition) is 3. The Morgan fingerprint density at radius 1 is 1.00 bits per heavy atom. The van der Waals surface area contributed by atoms with Crippen molar-refractivity contribution in [2.24, 2.45) is 17.0 Å². The van der Waals surface area contributed by atoms with Crippen molar-refractivity contribution in [1.82, 2.24) is 0 Å². The number of nitrogens with zero attached hydrogens (tertiary/aromatic N) is 1. The lowest BCUT2D eigenvalue weighted by atomic mass is 9.97. The second kappa shape index (κ2) is 7.69. The first-order valence-corrected chi connectivity index (χ1v) is 5.86. The van der Waals surface area contributed by atoms with E-state index in [0.717, 1.165) is 12.8 Å². The summed E-state index contributed by atoms with van der Waals surface area (Å²) in [5.41, 5.74) is 0.532. The van der Waals surface area contributed by atoms with Gasteiger partial charge in [-0.25, -0.2) is 0 Å². The smallest absolute Gasteiger partial charge is 0.0954 e. The van der Waals surface area contributed by atoms with Crippen LogP contribution in [0.2, 0.25) is 0 Å². The lowest BCUT2D eigenvalue weighted by Gasteiger charge is -2.14. The van der Waals surface area contributed by atoms with Crippen LogP contribution in [0.3, 0.4) is 0 Å². The molecule has 1 atom stereocenters. The highest BCUT2D eigenvalue weighted by molar-refractivity contribution is 5.87. The molecule has 90 valence electrons. The Balaban J connectivity index is 3.95. The quantitative estimate of drug-likeness (QED) is 0.389. The van der Waals surface area contributed by atoms with Gasteiger partial charge >= 0.3 is 0 Å². The largest absolute Gasteiger partial charge is 0.411 e. The summed E-state index contributed by atoms with van der Waals surface area (Å²) in [6.07, 6.45) is 2.72. The fourth-order valence-electron chi connectivity index (χ4n) is 1.38. The van der Waals surface area contributed by atoms with Crippen molar-refractivity contribution in [2.75, 3.05) is 0 Å². The van der Waals surface area contributed by atoms with Crippen LogP contribution in [0.5, 0.6) is 0 Å². The molecule has 0 spiro atoms. The van der Waals surface area contributed by atoms with Crippen LogP contribution in [0.1, 0.15) is 53.4 Å². The Labute approximate surface area is 93.2 Å². The van der Waals surface area contributed by atoms with Crippen LogP contribution in [-0.4, -0.2) is 22.1 Å². The van der Waals surface area contributed by atoms with E-state index in [9.17, 15) is 5.11 Å². The Hall–Kier alpha value is -0.570. The molecule has 0 aromatic rings. The predicted molar refractivity (Wildman–Crippen MR) is 63.4 cm³/mol. The highest BCUT2D eigenvalue weighted by Gasteiger charge is 2.14. The molecule has 1 unspecified atom stereocenters. The van der Waals surface area contributed by atoms with Crippen LogP contribution in [0, 0.1) is 11.8 Å². The zero-order chi connectivity index (χ0) is 11.8. The van der Waals surface area contributed by atoms with Gasteiger partial charge in [0.25, 0.3) is 0 Å². The van der Waals surface area contributed by atoms with E-state index in [1.54, 1.807) is 0 Å². The van der Waals surface area contributed by atoms with E-state index in [2.05, 4.69) is 32.9 Å². The molecule has 0 aliphatic rings. The number of oxime groups is 1. The summed E-state index contributed by atoms with van der Waals surface area (Å²) in [4.78, 5) is 0. The summed E-state index contributed by atoms with van der Waals surface area (Å²) in [7, 11) is 0. The summed E-state index contributed by atoms with van der Waals surface area (Å²) in [6.45, 7) is 8.48. The van der Waals surface area contributed by atoms with Crippen molar-refractivity contribution in [2.45, 2.75) is 59.5 Å². The predicted octanol–water partition coefficient (Wildman–Crippen LogP) is 3.05. The maximum absolute atomic E-state index is 9.78. The minimum absolute atomic E-state index is 0.532. The molecule has 0 bridgehead atoms. The van der Waals surface area contributed by atoms with E-state index in [4.69, 9.17) is 5.21 Å². The maximum atomic E-state index is 9.78. The molecule has 0 rings (SSSR count). The molecule has 0 heterocycles. The van der Waals surface area contributed by atoms with Crippen molar-refractivity contribution in [3.05, 3.63) is 0 Å². The van der Waals surface area contributed by atoms with E-state index in [-0.39, 0.29) is 0 Å². The lowest BCUT2D eigenvalue weighted by Crippen LogP contribution is -2.21. The van der Waals surface area contributed by atoms with Gasteiger partial charge in [-0.3, -0.25) is 0 Å². The van der Waals surface area contributed by atoms with Crippen LogP contribution in [0.4, 0.5) is 0 Å². The van der Waals surface area contributed by atoms with Crippen molar-refractivity contribution in [3.63, 3.8) is 0 Å². The van der Waals surface area contributed by atoms with E-state index in [1.807, 2.05) is 0 Å². The molecule has 0 saturated carbocycles. The SMILES string of the molecule is CC(C)CC/C(=N\O)C(O)CCC(C)C. The molecule has 0 fully saturated rings. The average molecular weight is 215 g/mol. The first kappa shape index (κ1) is 14.4. The van der Waals surface area contributed by atoms with Gasteiger partial charge in [0.05, 0.1) is 11.8 Å². The van der Waals surface area contributed by atoms with Gasteiger partial charge in [-0.1, -0.05) is 32.9 Å². The summed E-state index contributed by atoms with van der Waals surface area (Å²) in [6, 6.07) is 0. The molecular formula is C12H25NO2. The van der Waals surface area contributed by atoms with Crippen molar-refractivity contribution in [1.29, 1.82) is 0 Å². The summed E-state index contributed by atoms with van der Waals surface area (Å²) >= 11 is 0. The van der Waals surface area contributed by atoms with Gasteiger partial charge in [0.15, 0.2) is 0 Å². The number of hydrogen-bond donors (Lipinski definition) is 2. The average Bonchev–Trinajstić information content (AvgIpc) is 2.15. The van der Waals surface area contributed by atoms with E-state index in [1.165, 1.54) is 0 Å². The lowest BCUT2D eigenvalue weighted by molar-refractivity contribution is 0.208. The third-order valence-electron chi connectivity index (χ3n) is 2.51. The second-order valence-corrected chi connectivity index (χ2v) is 5.01. The van der Waals surface area contributed by atoms with Gasteiger partial charge in [-0.15, -0.1) is 0 Å². The van der Waals surface area contributed by atoms with Gasteiger partial charge in [-0.05, 0) is 37.5 Å². The Kier molecular flexibility index (Phi) is 7.39. The monoisotopic (exact) mass is 215 g/mol. The molecular weight excluding hydrogens is 190 g/mol. The first-order chi connectivity index (χ1) is 6.97. The molecule has 0 aromatic heterocycles. The third kappa shape index (κ3) is 7.37. The Morgan fingerprint density at radius 2 is 1.53 bits per heavy atom. The molecule has 0 saturated heterocycles. The third-order valence-corrected chi connectivity index (χ3v) is 2.51. The standard InChI is InChI=1S/C12H25NO2/c1-9(2)5-7-11(13-15)12(14)8-6-10(3)4/h9-10,12,14-15H,5-8H2,1-4H3/b13-11+. The molecule has 3 heteroatoms. The zero-order valence-corrected chi connectivity index (χ0v) is 10.4. The minimum Gasteiger partial charge on any atom is -0.411 e. The molecule has 0 aromatic carbocycles. The van der Waals surface area contributed by atoms with Crippen LogP contribution < -0.4 is 0 Å². The van der Waals surface area contributed by atoms with Crippen LogP contribution in [0.25, 0.3) is 0 Å². The normalized spacial score (nSPS) is 15.0. The topological polar surface area (TPSA) is 52.8 Å². The Morgan fingerprint density at radius 3 is 1.93 bits per heavy atom. The van der Waals surface area contributed by atoms with E-state index >= 15 is 0 Å². The van der Waals surface area contributed by atoms with E-state index in [0.29, 0.717) is 30.4 Å². The zero-order valence-electron chi connectivity index (χ0n) is 10.4. The number of aliphatic hydroxyl groups excluding tert-OH is 1. The van der Waals surface area contributed by atoms with Crippen molar-refractivity contribution in [3.8, 4) is 0 Å². The highest BCUT2D eigenvalue weighted by atomic mass is 16.4. The second-order valence-electron chi connectivity index (χ2n) is 5.01. The Bertz CT molecular complexity index is 188. The van der Waals surface area contributed by atoms with Gasteiger partial charge < -0.3 is 10.3 Å². The molecule has 15 heavy (non-hydrogen) atoms. The van der Waals surface area contributed by atoms with E-state index < -0.39 is 6.10 Å². The molecule has 0 aliphatic heterocycles. The van der Waals surface area contributed by atoms with Gasteiger partial charge in [-0.2, -0.15) is 0 Å². The first-order valence-electron chi connectivity index (χ1n) is 5.86. The van der Waals surface area contributed by atoms with Crippen molar-refractivity contribution < 1.29 is 10.3 Å². The summed E-state index contributed by atoms with van der Waals surface area (Å²) in [5, 5.41) is 21.8. The van der Waals surface area contributed by atoms with Crippen LogP contribution in [0.15, 0.2) is 5.16 Å². The molecule has 3 nitrogen and oxygen atoms in total. The highest BCUT2D eigenvalue weighted by Crippen LogP contribution is 2.12. The summed E-state index contributed by atoms with van der Waals surface area (Å²) < 4.78 is 0. The maximum Gasteiger partial charge on any atom is 0.0954 e. The van der Waals surface area contributed by atoms with Gasteiger partial charge in [0.1, 0.15) is 0 Å². The molecule has 0 amide bonds. The fourth-order valence-corrected chi connectivity index (χ4v) is 1.38. The molecule has 2 N–H and O–H groups in total. The van der Waals surface area contributed by atoms with Crippen LogP contribution >= 0.6 is 0 Å². The minimum atomic E-state index is -0.573. The summed E-state index contributed by atoms with van der Waals surface area (Å²) in [5.74, 6) is 1.14. The van der Waals surface area contributed by atoms with Crippen molar-refractivity contribution >= 4 is 5.71 Å². The number of rotatable bonds is 7. The molecule has 0 aliphatic carbocycles. The number of aliphatic hydroxyl groups is 1. The van der Waals surface area contributed by atoms with Gasteiger partial charge in [0, 0.05) is 0 Å². The van der Waals surface area contributed by atoms with Gasteiger partial charge in [0.2, 0.25) is 0 Å².